The van der Waals surface area contributed by atoms with Crippen LogP contribution in [-0.4, -0.2) is 16.9 Å². The average Bonchev–Trinajstić information content (AvgIpc) is 2.56. The van der Waals surface area contributed by atoms with E-state index in [1.165, 1.54) is 0 Å². The van der Waals surface area contributed by atoms with E-state index in [9.17, 15) is 9.67 Å². The van der Waals surface area contributed by atoms with E-state index in [0.717, 1.165) is 10.6 Å². The molecule has 0 aromatic heterocycles. The van der Waals surface area contributed by atoms with Crippen LogP contribution in [0.15, 0.2) is 72.8 Å². The summed E-state index contributed by atoms with van der Waals surface area (Å²) in [4.78, 5) is 0. The SMILES string of the molecule is C/C=C/[C@@H](O)[C@H](C(C)C)P(=O)(c1ccccc1)c1ccccc1. The van der Waals surface area contributed by atoms with E-state index in [-0.39, 0.29) is 11.6 Å². The number of hydrogen-bond acceptors (Lipinski definition) is 2. The van der Waals surface area contributed by atoms with E-state index in [1.54, 1.807) is 6.08 Å². The molecule has 2 atom stereocenters. The Morgan fingerprint density at radius 3 is 1.70 bits per heavy atom. The van der Waals surface area contributed by atoms with Gasteiger partial charge in [0, 0.05) is 10.6 Å². The van der Waals surface area contributed by atoms with Crippen LogP contribution in [0.25, 0.3) is 0 Å². The molecule has 0 bridgehead atoms. The van der Waals surface area contributed by atoms with Crippen LogP contribution in [-0.2, 0) is 4.57 Å². The maximum Gasteiger partial charge on any atom is 0.149 e. The van der Waals surface area contributed by atoms with Crippen molar-refractivity contribution in [2.75, 3.05) is 0 Å². The Balaban J connectivity index is 2.69. The van der Waals surface area contributed by atoms with Crippen molar-refractivity contribution in [1.29, 1.82) is 0 Å². The van der Waals surface area contributed by atoms with Gasteiger partial charge in [-0.1, -0.05) is 86.7 Å². The van der Waals surface area contributed by atoms with Crippen molar-refractivity contribution >= 4 is 17.8 Å². The number of hydrogen-bond donors (Lipinski definition) is 1. The molecule has 23 heavy (non-hydrogen) atoms. The van der Waals surface area contributed by atoms with Crippen molar-refractivity contribution in [2.24, 2.45) is 5.92 Å². The van der Waals surface area contributed by atoms with Gasteiger partial charge in [0.05, 0.1) is 11.8 Å². The molecule has 1 N–H and O–H groups in total. The zero-order valence-corrected chi connectivity index (χ0v) is 14.9. The highest BCUT2D eigenvalue weighted by atomic mass is 31.2. The molecule has 0 unspecified atom stereocenters. The summed E-state index contributed by atoms with van der Waals surface area (Å²) >= 11 is 0. The molecule has 0 aliphatic rings. The summed E-state index contributed by atoms with van der Waals surface area (Å²) in [5.41, 5.74) is -0.358. The van der Waals surface area contributed by atoms with Crippen LogP contribution in [0, 0.1) is 5.92 Å². The van der Waals surface area contributed by atoms with Crippen molar-refractivity contribution in [2.45, 2.75) is 32.5 Å². The highest BCUT2D eigenvalue weighted by Gasteiger charge is 2.41. The van der Waals surface area contributed by atoms with Crippen LogP contribution in [0.3, 0.4) is 0 Å². The van der Waals surface area contributed by atoms with Gasteiger partial charge in [0.25, 0.3) is 0 Å². The zero-order chi connectivity index (χ0) is 16.9. The number of aliphatic hydroxyl groups is 1. The quantitative estimate of drug-likeness (QED) is 0.644. The van der Waals surface area contributed by atoms with Crippen LogP contribution in [0.4, 0.5) is 0 Å². The van der Waals surface area contributed by atoms with Gasteiger partial charge in [0.1, 0.15) is 7.14 Å². The molecule has 0 aliphatic heterocycles. The number of rotatable bonds is 6. The Morgan fingerprint density at radius 2 is 1.35 bits per heavy atom. The summed E-state index contributed by atoms with van der Waals surface area (Å²) in [6.07, 6.45) is 2.81. The molecule has 0 saturated heterocycles. The summed E-state index contributed by atoms with van der Waals surface area (Å²) in [7, 11) is -2.98. The van der Waals surface area contributed by atoms with E-state index in [4.69, 9.17) is 0 Å². The van der Waals surface area contributed by atoms with Crippen molar-refractivity contribution in [3.05, 3.63) is 72.8 Å². The van der Waals surface area contributed by atoms with Crippen molar-refractivity contribution in [1.82, 2.24) is 0 Å². The first kappa shape index (κ1) is 17.7. The molecule has 0 radical (unpaired) electrons. The maximum atomic E-state index is 14.3. The van der Waals surface area contributed by atoms with E-state index in [0.29, 0.717) is 0 Å². The monoisotopic (exact) mass is 328 g/mol. The van der Waals surface area contributed by atoms with Crippen molar-refractivity contribution in [3.63, 3.8) is 0 Å². The molecule has 122 valence electrons. The van der Waals surface area contributed by atoms with Crippen molar-refractivity contribution in [3.8, 4) is 0 Å². The van der Waals surface area contributed by atoms with Crippen LogP contribution in [0.5, 0.6) is 0 Å². The molecule has 0 fully saturated rings. The van der Waals surface area contributed by atoms with E-state index < -0.39 is 13.2 Å². The summed E-state index contributed by atoms with van der Waals surface area (Å²) in [6, 6.07) is 19.1. The molecule has 2 rings (SSSR count). The van der Waals surface area contributed by atoms with Gasteiger partial charge in [-0.3, -0.25) is 0 Å². The van der Waals surface area contributed by atoms with Gasteiger partial charge in [-0.2, -0.15) is 0 Å². The lowest BCUT2D eigenvalue weighted by Crippen LogP contribution is -2.37. The molecule has 0 spiro atoms. The summed E-state index contributed by atoms with van der Waals surface area (Å²) in [5.74, 6) is 0.0763. The third-order valence-electron chi connectivity index (χ3n) is 4.12. The fourth-order valence-corrected chi connectivity index (χ4v) is 6.72. The lowest BCUT2D eigenvalue weighted by molar-refractivity contribution is 0.198. The molecular weight excluding hydrogens is 303 g/mol. The van der Waals surface area contributed by atoms with E-state index >= 15 is 0 Å². The molecule has 2 aromatic rings. The second kappa shape index (κ2) is 7.77. The van der Waals surface area contributed by atoms with Gasteiger partial charge < -0.3 is 9.67 Å². The summed E-state index contributed by atoms with van der Waals surface area (Å²) in [5, 5.41) is 12.3. The summed E-state index contributed by atoms with van der Waals surface area (Å²) < 4.78 is 14.3. The maximum absolute atomic E-state index is 14.3. The van der Waals surface area contributed by atoms with Crippen LogP contribution < -0.4 is 10.6 Å². The molecule has 0 heterocycles. The normalized spacial score (nSPS) is 15.0. The minimum absolute atomic E-state index is 0.0763. The predicted molar refractivity (Wildman–Crippen MR) is 99.2 cm³/mol. The molecule has 2 nitrogen and oxygen atoms in total. The third kappa shape index (κ3) is 3.65. The lowest BCUT2D eigenvalue weighted by atomic mass is 10.0. The topological polar surface area (TPSA) is 37.3 Å². The lowest BCUT2D eigenvalue weighted by Gasteiger charge is -2.34. The number of aliphatic hydroxyl groups excluding tert-OH is 1. The minimum atomic E-state index is -2.98. The standard InChI is InChI=1S/C20H25O2P/c1-4-11-19(21)20(16(2)3)23(22,17-12-7-5-8-13-17)18-14-9-6-10-15-18/h4-16,19-21H,1-3H3/b11-4+/t19-,20+/m1/s1. The first-order valence-corrected chi connectivity index (χ1v) is 9.81. The highest BCUT2D eigenvalue weighted by molar-refractivity contribution is 7.79. The second-order valence-electron chi connectivity index (χ2n) is 6.08. The van der Waals surface area contributed by atoms with Crippen LogP contribution in [0.1, 0.15) is 20.8 Å². The first-order valence-electron chi connectivity index (χ1n) is 8.03. The van der Waals surface area contributed by atoms with Gasteiger partial charge >= 0.3 is 0 Å². The Morgan fingerprint density at radius 1 is 0.913 bits per heavy atom. The Bertz CT molecular complexity index is 634. The zero-order valence-electron chi connectivity index (χ0n) is 14.0. The van der Waals surface area contributed by atoms with Crippen LogP contribution >= 0.6 is 7.14 Å². The fourth-order valence-electron chi connectivity index (χ4n) is 3.13. The second-order valence-corrected chi connectivity index (χ2v) is 9.03. The van der Waals surface area contributed by atoms with E-state index in [2.05, 4.69) is 0 Å². The molecule has 0 saturated carbocycles. The third-order valence-corrected chi connectivity index (χ3v) is 7.99. The Hall–Kier alpha value is -1.63. The van der Waals surface area contributed by atoms with Gasteiger partial charge in [-0.25, -0.2) is 0 Å². The summed E-state index contributed by atoms with van der Waals surface area (Å²) in [6.45, 7) is 5.92. The predicted octanol–water partition coefficient (Wildman–Crippen LogP) is 3.96. The highest BCUT2D eigenvalue weighted by Crippen LogP contribution is 2.52. The van der Waals surface area contributed by atoms with Crippen LogP contribution in [0.2, 0.25) is 0 Å². The van der Waals surface area contributed by atoms with Crippen molar-refractivity contribution < 1.29 is 9.67 Å². The first-order chi connectivity index (χ1) is 11.0. The molecule has 0 aliphatic carbocycles. The Labute approximate surface area is 139 Å². The molecule has 3 heteroatoms. The average molecular weight is 328 g/mol. The number of benzene rings is 2. The molecule has 0 amide bonds. The van der Waals surface area contributed by atoms with Gasteiger partial charge in [-0.05, 0) is 12.8 Å². The molecular formula is C20H25O2P. The molecule has 2 aromatic carbocycles. The van der Waals surface area contributed by atoms with E-state index in [1.807, 2.05) is 87.5 Å². The van der Waals surface area contributed by atoms with Gasteiger partial charge in [-0.15, -0.1) is 0 Å². The largest absolute Gasteiger partial charge is 0.388 e. The minimum Gasteiger partial charge on any atom is -0.388 e. The number of allylic oxidation sites excluding steroid dienone is 1. The Kier molecular flexibility index (Phi) is 5.98. The van der Waals surface area contributed by atoms with Gasteiger partial charge in [0.15, 0.2) is 0 Å². The van der Waals surface area contributed by atoms with Gasteiger partial charge in [0.2, 0.25) is 0 Å². The smallest absolute Gasteiger partial charge is 0.149 e. The fraction of sp³-hybridized carbons (Fsp3) is 0.300.